The van der Waals surface area contributed by atoms with Crippen LogP contribution in [0.3, 0.4) is 0 Å². The number of halogens is 1. The van der Waals surface area contributed by atoms with Gasteiger partial charge in [-0.2, -0.15) is 4.31 Å². The van der Waals surface area contributed by atoms with Crippen molar-refractivity contribution in [3.63, 3.8) is 0 Å². The first-order valence-electron chi connectivity index (χ1n) is 9.17. The number of nitrogens with zero attached hydrogens (tertiary/aromatic N) is 1. The summed E-state index contributed by atoms with van der Waals surface area (Å²) in [6.45, 7) is 3.19. The first-order chi connectivity index (χ1) is 13.9. The van der Waals surface area contributed by atoms with Gasteiger partial charge in [0.1, 0.15) is 0 Å². The zero-order valence-corrected chi connectivity index (χ0v) is 18.4. The van der Waals surface area contributed by atoms with Gasteiger partial charge in [0, 0.05) is 29.6 Å². The van der Waals surface area contributed by atoms with Crippen molar-refractivity contribution >= 4 is 45.0 Å². The second-order valence-electron chi connectivity index (χ2n) is 6.66. The Morgan fingerprint density at radius 1 is 1.17 bits per heavy atom. The first-order valence-corrected chi connectivity index (χ1v) is 12.1. The molecule has 1 saturated heterocycles. The van der Waals surface area contributed by atoms with Crippen LogP contribution in [0, 0.1) is 6.92 Å². The van der Waals surface area contributed by atoms with Crippen LogP contribution in [0.15, 0.2) is 47.4 Å². The summed E-state index contributed by atoms with van der Waals surface area (Å²) in [6, 6.07) is 12.5. The lowest BCUT2D eigenvalue weighted by atomic mass is 10.2. The molecular formula is C20H23ClN2O4S2. The van der Waals surface area contributed by atoms with E-state index >= 15 is 0 Å². The minimum absolute atomic E-state index is 0.178. The molecule has 156 valence electrons. The number of amides is 1. The van der Waals surface area contributed by atoms with Crippen LogP contribution in [0.5, 0.6) is 0 Å². The molecule has 0 spiro atoms. The lowest BCUT2D eigenvalue weighted by Gasteiger charge is -2.26. The zero-order chi connectivity index (χ0) is 20.9. The van der Waals surface area contributed by atoms with E-state index in [0.29, 0.717) is 48.3 Å². The molecule has 2 aromatic rings. The molecule has 1 N–H and O–H groups in total. The molecule has 0 saturated carbocycles. The van der Waals surface area contributed by atoms with Gasteiger partial charge in [0.2, 0.25) is 15.9 Å². The monoisotopic (exact) mass is 454 g/mol. The summed E-state index contributed by atoms with van der Waals surface area (Å²) >= 11 is 7.35. The Morgan fingerprint density at radius 2 is 1.86 bits per heavy atom. The van der Waals surface area contributed by atoms with E-state index in [9.17, 15) is 13.2 Å². The van der Waals surface area contributed by atoms with Crippen molar-refractivity contribution in [3.05, 3.63) is 58.6 Å². The molecule has 2 aromatic carbocycles. The van der Waals surface area contributed by atoms with Crippen LogP contribution in [-0.2, 0) is 25.3 Å². The average Bonchev–Trinajstić information content (AvgIpc) is 2.71. The number of hydrogen-bond acceptors (Lipinski definition) is 5. The Labute approximate surface area is 180 Å². The van der Waals surface area contributed by atoms with Crippen LogP contribution in [0.1, 0.15) is 11.1 Å². The standard InChI is InChI=1S/C20H23ClN2O4S2/c1-15-2-7-18(12-19(15)29(25,26)23-8-10-27-11-9-23)22-20(24)14-28-13-16-3-5-17(21)6-4-16/h2-7,12H,8-11,13-14H2,1H3,(H,22,24). The normalized spacial score (nSPS) is 15.2. The van der Waals surface area contributed by atoms with Gasteiger partial charge in [-0.15, -0.1) is 11.8 Å². The fourth-order valence-corrected chi connectivity index (χ4v) is 5.49. The summed E-state index contributed by atoms with van der Waals surface area (Å²) in [5.74, 6) is 0.777. The highest BCUT2D eigenvalue weighted by atomic mass is 35.5. The van der Waals surface area contributed by atoms with Crippen LogP contribution in [-0.4, -0.2) is 50.7 Å². The predicted molar refractivity (Wildman–Crippen MR) is 117 cm³/mol. The maximum absolute atomic E-state index is 12.9. The minimum Gasteiger partial charge on any atom is -0.379 e. The number of carbonyl (C=O) groups excluding carboxylic acids is 1. The molecule has 0 unspecified atom stereocenters. The van der Waals surface area contributed by atoms with Crippen LogP contribution in [0.25, 0.3) is 0 Å². The number of sulfonamides is 1. The molecule has 0 radical (unpaired) electrons. The van der Waals surface area contributed by atoms with E-state index in [-0.39, 0.29) is 16.6 Å². The molecule has 1 amide bonds. The van der Waals surface area contributed by atoms with Gasteiger partial charge >= 0.3 is 0 Å². The lowest BCUT2D eigenvalue weighted by molar-refractivity contribution is -0.113. The number of nitrogens with one attached hydrogen (secondary N) is 1. The van der Waals surface area contributed by atoms with Crippen LogP contribution in [0.4, 0.5) is 5.69 Å². The summed E-state index contributed by atoms with van der Waals surface area (Å²) in [5, 5.41) is 3.47. The Hall–Kier alpha value is -1.58. The van der Waals surface area contributed by atoms with Crippen molar-refractivity contribution in [2.45, 2.75) is 17.6 Å². The highest BCUT2D eigenvalue weighted by Crippen LogP contribution is 2.24. The molecule has 1 heterocycles. The molecule has 29 heavy (non-hydrogen) atoms. The van der Waals surface area contributed by atoms with Crippen molar-refractivity contribution < 1.29 is 17.9 Å². The number of aryl methyl sites for hydroxylation is 1. The topological polar surface area (TPSA) is 75.7 Å². The third-order valence-electron chi connectivity index (χ3n) is 4.47. The van der Waals surface area contributed by atoms with Crippen LogP contribution >= 0.6 is 23.4 Å². The largest absolute Gasteiger partial charge is 0.379 e. The number of benzene rings is 2. The molecular weight excluding hydrogens is 432 g/mol. The smallest absolute Gasteiger partial charge is 0.243 e. The van der Waals surface area contributed by atoms with Gasteiger partial charge in [-0.25, -0.2) is 8.42 Å². The minimum atomic E-state index is -3.62. The fraction of sp³-hybridized carbons (Fsp3) is 0.350. The van der Waals surface area contributed by atoms with Crippen LogP contribution in [0.2, 0.25) is 5.02 Å². The Balaban J connectivity index is 1.61. The maximum Gasteiger partial charge on any atom is 0.243 e. The SMILES string of the molecule is Cc1ccc(NC(=O)CSCc2ccc(Cl)cc2)cc1S(=O)(=O)N1CCOCC1. The van der Waals surface area contributed by atoms with Crippen molar-refractivity contribution in [3.8, 4) is 0 Å². The van der Waals surface area contributed by atoms with E-state index in [1.165, 1.54) is 22.1 Å². The lowest BCUT2D eigenvalue weighted by Crippen LogP contribution is -2.40. The Bertz CT molecular complexity index is 959. The number of thioether (sulfide) groups is 1. The third kappa shape index (κ3) is 5.96. The molecule has 1 aliphatic rings. The molecule has 0 bridgehead atoms. The van der Waals surface area contributed by atoms with E-state index in [4.69, 9.17) is 16.3 Å². The number of ether oxygens (including phenoxy) is 1. The molecule has 0 aliphatic carbocycles. The van der Waals surface area contributed by atoms with E-state index in [1.54, 1.807) is 19.1 Å². The summed E-state index contributed by atoms with van der Waals surface area (Å²) in [6.07, 6.45) is 0. The fourth-order valence-electron chi connectivity index (χ4n) is 2.92. The summed E-state index contributed by atoms with van der Waals surface area (Å²) in [4.78, 5) is 12.5. The molecule has 9 heteroatoms. The van der Waals surface area contributed by atoms with Crippen LogP contribution < -0.4 is 5.32 Å². The van der Waals surface area contributed by atoms with Crippen molar-refractivity contribution in [1.29, 1.82) is 0 Å². The van der Waals surface area contributed by atoms with E-state index < -0.39 is 10.0 Å². The van der Waals surface area contributed by atoms with E-state index in [0.717, 1.165) is 5.56 Å². The van der Waals surface area contributed by atoms with Gasteiger partial charge in [0.25, 0.3) is 0 Å². The summed E-state index contributed by atoms with van der Waals surface area (Å²) in [5.41, 5.74) is 2.20. The van der Waals surface area contributed by atoms with Gasteiger partial charge in [-0.05, 0) is 42.3 Å². The first kappa shape index (κ1) is 22.1. The Kier molecular flexibility index (Phi) is 7.59. The van der Waals surface area contributed by atoms with Gasteiger partial charge in [-0.1, -0.05) is 29.8 Å². The van der Waals surface area contributed by atoms with Gasteiger partial charge < -0.3 is 10.1 Å². The average molecular weight is 455 g/mol. The highest BCUT2D eigenvalue weighted by molar-refractivity contribution is 7.99. The molecule has 6 nitrogen and oxygen atoms in total. The highest BCUT2D eigenvalue weighted by Gasteiger charge is 2.28. The van der Waals surface area contributed by atoms with E-state index in [2.05, 4.69) is 5.32 Å². The van der Waals surface area contributed by atoms with Crippen molar-refractivity contribution in [1.82, 2.24) is 4.31 Å². The number of morpholine rings is 1. The second kappa shape index (κ2) is 9.95. The Morgan fingerprint density at radius 3 is 2.55 bits per heavy atom. The third-order valence-corrected chi connectivity index (χ3v) is 7.77. The summed E-state index contributed by atoms with van der Waals surface area (Å²) in [7, 11) is -3.62. The zero-order valence-electron chi connectivity index (χ0n) is 16.1. The predicted octanol–water partition coefficient (Wildman–Crippen LogP) is 3.54. The molecule has 0 atom stereocenters. The molecule has 1 fully saturated rings. The van der Waals surface area contributed by atoms with Crippen molar-refractivity contribution in [2.75, 3.05) is 37.4 Å². The maximum atomic E-state index is 12.9. The van der Waals surface area contributed by atoms with Gasteiger partial charge in [0.15, 0.2) is 0 Å². The number of anilines is 1. The number of rotatable bonds is 7. The summed E-state index contributed by atoms with van der Waals surface area (Å²) < 4.78 is 32.5. The molecule has 0 aromatic heterocycles. The second-order valence-corrected chi connectivity index (χ2v) is 9.99. The molecule has 3 rings (SSSR count). The number of hydrogen-bond donors (Lipinski definition) is 1. The van der Waals surface area contributed by atoms with E-state index in [1.807, 2.05) is 24.3 Å². The number of carbonyl (C=O) groups is 1. The van der Waals surface area contributed by atoms with Crippen molar-refractivity contribution in [2.24, 2.45) is 0 Å². The van der Waals surface area contributed by atoms with Gasteiger partial charge in [0.05, 0.1) is 23.9 Å². The van der Waals surface area contributed by atoms with Gasteiger partial charge in [-0.3, -0.25) is 4.79 Å². The quantitative estimate of drug-likeness (QED) is 0.692. The molecule has 1 aliphatic heterocycles.